The minimum absolute atomic E-state index is 0.0527. The third-order valence-electron chi connectivity index (χ3n) is 4.34. The Hall–Kier alpha value is -2.74. The minimum Gasteiger partial charge on any atom is -0.351 e. The molecule has 26 heavy (non-hydrogen) atoms. The van der Waals surface area contributed by atoms with Crippen LogP contribution in [-0.2, 0) is 11.2 Å². The molecule has 0 bridgehead atoms. The van der Waals surface area contributed by atoms with Crippen LogP contribution in [0.3, 0.4) is 0 Å². The largest absolute Gasteiger partial charge is 0.351 e. The van der Waals surface area contributed by atoms with E-state index in [1.54, 1.807) is 0 Å². The fraction of sp³-hybridized carbons (Fsp3) is 0.333. The van der Waals surface area contributed by atoms with Crippen LogP contribution in [0.2, 0.25) is 0 Å². The van der Waals surface area contributed by atoms with E-state index in [0.717, 1.165) is 34.9 Å². The summed E-state index contributed by atoms with van der Waals surface area (Å²) in [5, 5.41) is 14.8. The molecule has 134 valence electrons. The van der Waals surface area contributed by atoms with Crippen LogP contribution in [0.25, 0.3) is 5.65 Å². The van der Waals surface area contributed by atoms with Gasteiger partial charge >= 0.3 is 0 Å². The summed E-state index contributed by atoms with van der Waals surface area (Å²) < 4.78 is 1.91. The van der Waals surface area contributed by atoms with E-state index in [4.69, 9.17) is 0 Å². The zero-order valence-corrected chi connectivity index (χ0v) is 15.2. The molecule has 4 rings (SSSR count). The third kappa shape index (κ3) is 3.45. The number of thiophene rings is 1. The highest BCUT2D eigenvalue weighted by molar-refractivity contribution is 7.18. The van der Waals surface area contributed by atoms with E-state index < -0.39 is 0 Å². The number of pyridine rings is 1. The van der Waals surface area contributed by atoms with Gasteiger partial charge in [-0.2, -0.15) is 0 Å². The number of rotatable bonds is 6. The summed E-state index contributed by atoms with van der Waals surface area (Å²) in [5.74, 6) is 0.874. The number of aryl methyl sites for hydroxylation is 1. The standard InChI is InChI=1S/C18H19N5O2S/c1-11-10-15(20-17(24)12-5-6-12)26-16(11)18(25)19-8-7-14-22-21-13-4-2-3-9-23(13)14/h2-4,9-10,12H,5-8H2,1H3,(H,19,25)(H,20,24). The van der Waals surface area contributed by atoms with Crippen molar-refractivity contribution in [1.29, 1.82) is 0 Å². The van der Waals surface area contributed by atoms with E-state index >= 15 is 0 Å². The fourth-order valence-electron chi connectivity index (χ4n) is 2.77. The van der Waals surface area contributed by atoms with Crippen LogP contribution in [-0.4, -0.2) is 33.0 Å². The molecule has 0 radical (unpaired) electrons. The van der Waals surface area contributed by atoms with Gasteiger partial charge in [-0.1, -0.05) is 6.07 Å². The summed E-state index contributed by atoms with van der Waals surface area (Å²) in [6.07, 6.45) is 4.42. The lowest BCUT2D eigenvalue weighted by atomic mass is 10.2. The van der Waals surface area contributed by atoms with Crippen molar-refractivity contribution in [3.05, 3.63) is 46.7 Å². The van der Waals surface area contributed by atoms with Gasteiger partial charge in [-0.3, -0.25) is 14.0 Å². The van der Waals surface area contributed by atoms with E-state index in [0.29, 0.717) is 17.8 Å². The third-order valence-corrected chi connectivity index (χ3v) is 5.49. The van der Waals surface area contributed by atoms with Crippen LogP contribution < -0.4 is 10.6 Å². The SMILES string of the molecule is Cc1cc(NC(=O)C2CC2)sc1C(=O)NCCc1nnc2ccccn12. The van der Waals surface area contributed by atoms with Gasteiger partial charge in [-0.05, 0) is 43.5 Å². The number of amides is 2. The fourth-order valence-corrected chi connectivity index (χ4v) is 3.76. The molecule has 1 saturated carbocycles. The van der Waals surface area contributed by atoms with E-state index in [2.05, 4.69) is 20.8 Å². The zero-order chi connectivity index (χ0) is 18.1. The zero-order valence-electron chi connectivity index (χ0n) is 14.4. The van der Waals surface area contributed by atoms with E-state index in [9.17, 15) is 9.59 Å². The average molecular weight is 369 g/mol. The van der Waals surface area contributed by atoms with Gasteiger partial charge in [0, 0.05) is 25.1 Å². The minimum atomic E-state index is -0.131. The molecule has 8 heteroatoms. The van der Waals surface area contributed by atoms with Crippen molar-refractivity contribution in [2.75, 3.05) is 11.9 Å². The molecule has 2 N–H and O–H groups in total. The van der Waals surface area contributed by atoms with Gasteiger partial charge in [0.1, 0.15) is 5.82 Å². The Labute approximate surface area is 154 Å². The smallest absolute Gasteiger partial charge is 0.261 e. The number of anilines is 1. The molecule has 7 nitrogen and oxygen atoms in total. The second-order valence-electron chi connectivity index (χ2n) is 6.44. The molecule has 0 atom stereocenters. The van der Waals surface area contributed by atoms with E-state index in [1.165, 1.54) is 11.3 Å². The summed E-state index contributed by atoms with van der Waals surface area (Å²) >= 11 is 1.31. The highest BCUT2D eigenvalue weighted by Gasteiger charge is 2.30. The van der Waals surface area contributed by atoms with E-state index in [1.807, 2.05) is 41.8 Å². The maximum absolute atomic E-state index is 12.4. The summed E-state index contributed by atoms with van der Waals surface area (Å²) in [4.78, 5) is 24.9. The van der Waals surface area contributed by atoms with Crippen molar-refractivity contribution in [2.45, 2.75) is 26.2 Å². The Bertz CT molecular complexity index is 973. The number of aromatic nitrogens is 3. The summed E-state index contributed by atoms with van der Waals surface area (Å²) in [6, 6.07) is 7.58. The van der Waals surface area contributed by atoms with Gasteiger partial charge in [-0.15, -0.1) is 21.5 Å². The first-order chi connectivity index (χ1) is 12.6. The average Bonchev–Trinajstić information content (AvgIpc) is 3.32. The maximum atomic E-state index is 12.4. The van der Waals surface area contributed by atoms with Gasteiger partial charge in [0.25, 0.3) is 5.91 Å². The van der Waals surface area contributed by atoms with Crippen molar-refractivity contribution in [3.63, 3.8) is 0 Å². The predicted octanol–water partition coefficient (Wildman–Crippen LogP) is 2.42. The Kier molecular flexibility index (Phi) is 4.42. The van der Waals surface area contributed by atoms with Crippen LogP contribution in [0.5, 0.6) is 0 Å². The van der Waals surface area contributed by atoms with Crippen molar-refractivity contribution in [1.82, 2.24) is 19.9 Å². The Morgan fingerprint density at radius 3 is 2.96 bits per heavy atom. The Morgan fingerprint density at radius 2 is 2.15 bits per heavy atom. The van der Waals surface area contributed by atoms with Crippen molar-refractivity contribution >= 4 is 33.8 Å². The first-order valence-electron chi connectivity index (χ1n) is 8.60. The molecule has 0 unspecified atom stereocenters. The highest BCUT2D eigenvalue weighted by atomic mass is 32.1. The number of nitrogens with zero attached hydrogens (tertiary/aromatic N) is 3. The molecule has 3 aromatic rings. The normalized spacial score (nSPS) is 13.7. The molecule has 3 heterocycles. The number of hydrogen-bond acceptors (Lipinski definition) is 5. The molecule has 1 aliphatic rings. The number of carbonyl (C=O) groups is 2. The Morgan fingerprint density at radius 1 is 1.31 bits per heavy atom. The molecule has 2 amide bonds. The van der Waals surface area contributed by atoms with Gasteiger partial charge < -0.3 is 10.6 Å². The lowest BCUT2D eigenvalue weighted by Gasteiger charge is -2.04. The van der Waals surface area contributed by atoms with Crippen LogP contribution >= 0.6 is 11.3 Å². The van der Waals surface area contributed by atoms with Crippen LogP contribution in [0.15, 0.2) is 30.5 Å². The lowest BCUT2D eigenvalue weighted by Crippen LogP contribution is -2.26. The molecule has 3 aromatic heterocycles. The number of fused-ring (bicyclic) bond motifs is 1. The lowest BCUT2D eigenvalue weighted by molar-refractivity contribution is -0.117. The second kappa shape index (κ2) is 6.87. The first-order valence-corrected chi connectivity index (χ1v) is 9.41. The van der Waals surface area contributed by atoms with E-state index in [-0.39, 0.29) is 17.7 Å². The summed E-state index contributed by atoms with van der Waals surface area (Å²) in [5.41, 5.74) is 1.66. The van der Waals surface area contributed by atoms with Crippen LogP contribution in [0.1, 0.15) is 33.9 Å². The molecule has 0 aliphatic heterocycles. The second-order valence-corrected chi connectivity index (χ2v) is 7.49. The van der Waals surface area contributed by atoms with Crippen molar-refractivity contribution in [3.8, 4) is 0 Å². The van der Waals surface area contributed by atoms with Crippen molar-refractivity contribution < 1.29 is 9.59 Å². The van der Waals surface area contributed by atoms with Gasteiger partial charge in [0.2, 0.25) is 5.91 Å². The van der Waals surface area contributed by atoms with Gasteiger partial charge in [-0.25, -0.2) is 0 Å². The Balaban J connectivity index is 1.36. The molecule has 1 aliphatic carbocycles. The molecule has 0 spiro atoms. The van der Waals surface area contributed by atoms with Gasteiger partial charge in [0.05, 0.1) is 9.88 Å². The summed E-state index contributed by atoms with van der Waals surface area (Å²) in [7, 11) is 0. The van der Waals surface area contributed by atoms with Crippen LogP contribution in [0, 0.1) is 12.8 Å². The molecule has 0 aromatic carbocycles. The molecule has 1 fully saturated rings. The van der Waals surface area contributed by atoms with Crippen molar-refractivity contribution in [2.24, 2.45) is 5.92 Å². The summed E-state index contributed by atoms with van der Waals surface area (Å²) in [6.45, 7) is 2.35. The highest BCUT2D eigenvalue weighted by Crippen LogP contribution is 2.32. The number of nitrogens with one attached hydrogen (secondary N) is 2. The molecular weight excluding hydrogens is 350 g/mol. The van der Waals surface area contributed by atoms with Crippen LogP contribution in [0.4, 0.5) is 5.00 Å². The predicted molar refractivity (Wildman–Crippen MR) is 99.4 cm³/mol. The first kappa shape index (κ1) is 16.7. The number of hydrogen-bond donors (Lipinski definition) is 2. The quantitative estimate of drug-likeness (QED) is 0.698. The number of carbonyl (C=O) groups excluding carboxylic acids is 2. The maximum Gasteiger partial charge on any atom is 0.261 e. The van der Waals surface area contributed by atoms with Gasteiger partial charge in [0.15, 0.2) is 5.65 Å². The molecular formula is C18H19N5O2S. The topological polar surface area (TPSA) is 88.4 Å². The monoisotopic (exact) mass is 369 g/mol. The molecule has 0 saturated heterocycles.